The lowest BCUT2D eigenvalue weighted by atomic mass is 10.2. The van der Waals surface area contributed by atoms with Crippen molar-refractivity contribution < 1.29 is 9.53 Å². The molecule has 8 nitrogen and oxygen atoms in total. The first kappa shape index (κ1) is 15.9. The summed E-state index contributed by atoms with van der Waals surface area (Å²) in [4.78, 5) is 34.5. The number of carbonyl (C=O) groups is 1. The first-order chi connectivity index (χ1) is 11.7. The molecule has 8 heteroatoms. The highest BCUT2D eigenvalue weighted by Crippen LogP contribution is 2.05. The van der Waals surface area contributed by atoms with Gasteiger partial charge in [-0.1, -0.05) is 12.1 Å². The van der Waals surface area contributed by atoms with E-state index in [1.54, 1.807) is 30.7 Å². The van der Waals surface area contributed by atoms with Gasteiger partial charge in [0.15, 0.2) is 0 Å². The van der Waals surface area contributed by atoms with Gasteiger partial charge < -0.3 is 19.6 Å². The maximum Gasteiger partial charge on any atom is 0.258 e. The van der Waals surface area contributed by atoms with Crippen LogP contribution in [0.15, 0.2) is 47.8 Å². The number of nitrogens with zero attached hydrogens (tertiary/aromatic N) is 3. The molecular weight excluding hydrogens is 310 g/mol. The number of para-hydroxylation sites is 1. The zero-order valence-electron chi connectivity index (χ0n) is 12.9. The van der Waals surface area contributed by atoms with Crippen molar-refractivity contribution in [1.82, 2.24) is 24.8 Å². The lowest BCUT2D eigenvalue weighted by Crippen LogP contribution is -2.30. The van der Waals surface area contributed by atoms with Crippen LogP contribution in [0, 0.1) is 0 Å². The summed E-state index contributed by atoms with van der Waals surface area (Å²) >= 11 is 0. The van der Waals surface area contributed by atoms with Gasteiger partial charge in [-0.05, 0) is 12.1 Å². The van der Waals surface area contributed by atoms with Crippen molar-refractivity contribution in [3.8, 4) is 0 Å². The SMILES string of the molecule is O=C(COCc1nc2ccccc2c(=O)[nH]1)NCCn1ccnc1. The molecule has 0 radical (unpaired) electrons. The number of benzene rings is 1. The maximum atomic E-state index is 11.9. The number of fused-ring (bicyclic) bond motifs is 1. The fourth-order valence-electron chi connectivity index (χ4n) is 2.24. The van der Waals surface area contributed by atoms with Crippen LogP contribution >= 0.6 is 0 Å². The predicted octanol–water partition coefficient (Wildman–Crippen LogP) is 0.453. The first-order valence-corrected chi connectivity index (χ1v) is 7.50. The number of aromatic nitrogens is 4. The molecule has 0 spiro atoms. The summed E-state index contributed by atoms with van der Waals surface area (Å²) in [7, 11) is 0. The summed E-state index contributed by atoms with van der Waals surface area (Å²) in [6.45, 7) is 1.10. The van der Waals surface area contributed by atoms with E-state index in [2.05, 4.69) is 20.3 Å². The van der Waals surface area contributed by atoms with Crippen molar-refractivity contribution in [2.75, 3.05) is 13.2 Å². The minimum absolute atomic E-state index is 0.0645. The molecule has 3 aromatic rings. The summed E-state index contributed by atoms with van der Waals surface area (Å²) in [5.41, 5.74) is 0.383. The summed E-state index contributed by atoms with van der Waals surface area (Å²) < 4.78 is 7.18. The van der Waals surface area contributed by atoms with E-state index in [9.17, 15) is 9.59 Å². The van der Waals surface area contributed by atoms with E-state index in [4.69, 9.17) is 4.74 Å². The van der Waals surface area contributed by atoms with Crippen LogP contribution in [0.25, 0.3) is 10.9 Å². The zero-order chi connectivity index (χ0) is 16.8. The third kappa shape index (κ3) is 4.05. The van der Waals surface area contributed by atoms with Gasteiger partial charge >= 0.3 is 0 Å². The maximum absolute atomic E-state index is 11.9. The molecule has 1 aromatic carbocycles. The van der Waals surface area contributed by atoms with Crippen LogP contribution in [0.2, 0.25) is 0 Å². The Morgan fingerprint density at radius 1 is 1.33 bits per heavy atom. The highest BCUT2D eigenvalue weighted by molar-refractivity contribution is 5.77. The molecule has 0 atom stereocenters. The van der Waals surface area contributed by atoms with Gasteiger partial charge in [0.05, 0.1) is 17.2 Å². The highest BCUT2D eigenvalue weighted by Gasteiger charge is 2.05. The molecule has 0 saturated carbocycles. The number of amides is 1. The van der Waals surface area contributed by atoms with Crippen LogP contribution in [0.1, 0.15) is 5.82 Å². The van der Waals surface area contributed by atoms with Gasteiger partial charge in [0, 0.05) is 25.5 Å². The molecule has 1 amide bonds. The van der Waals surface area contributed by atoms with Crippen LogP contribution in [-0.4, -0.2) is 38.6 Å². The van der Waals surface area contributed by atoms with Crippen molar-refractivity contribution in [3.63, 3.8) is 0 Å². The second-order valence-corrected chi connectivity index (χ2v) is 5.17. The molecule has 0 aliphatic carbocycles. The number of ether oxygens (including phenoxy) is 1. The van der Waals surface area contributed by atoms with E-state index in [0.717, 1.165) is 0 Å². The Morgan fingerprint density at radius 3 is 3.04 bits per heavy atom. The van der Waals surface area contributed by atoms with Crippen molar-refractivity contribution in [1.29, 1.82) is 0 Å². The summed E-state index contributed by atoms with van der Waals surface area (Å²) in [5, 5.41) is 3.27. The number of hydrogen-bond donors (Lipinski definition) is 2. The average Bonchev–Trinajstić information content (AvgIpc) is 3.08. The smallest absolute Gasteiger partial charge is 0.258 e. The minimum Gasteiger partial charge on any atom is -0.364 e. The number of rotatable bonds is 7. The number of carbonyl (C=O) groups excluding carboxylic acids is 1. The zero-order valence-corrected chi connectivity index (χ0v) is 12.9. The number of nitrogens with one attached hydrogen (secondary N) is 2. The van der Waals surface area contributed by atoms with Crippen molar-refractivity contribution in [3.05, 3.63) is 59.2 Å². The number of aromatic amines is 1. The third-order valence-corrected chi connectivity index (χ3v) is 3.39. The molecule has 0 bridgehead atoms. The van der Waals surface area contributed by atoms with Crippen LogP contribution < -0.4 is 10.9 Å². The van der Waals surface area contributed by atoms with E-state index < -0.39 is 0 Å². The van der Waals surface area contributed by atoms with Gasteiger partial charge in [-0.15, -0.1) is 0 Å². The Balaban J connectivity index is 1.46. The normalized spacial score (nSPS) is 10.8. The number of hydrogen-bond acceptors (Lipinski definition) is 5. The fraction of sp³-hybridized carbons (Fsp3) is 0.250. The molecule has 2 aromatic heterocycles. The largest absolute Gasteiger partial charge is 0.364 e. The molecular formula is C16H17N5O3. The number of imidazole rings is 1. The molecule has 24 heavy (non-hydrogen) atoms. The standard InChI is InChI=1S/C16H17N5O3/c22-15(18-6-8-21-7-5-17-11-21)10-24-9-14-19-13-4-2-1-3-12(13)16(23)20-14/h1-5,7,11H,6,8-10H2,(H,18,22)(H,19,20,23). The summed E-state index contributed by atoms with van der Waals surface area (Å²) in [6, 6.07) is 7.06. The van der Waals surface area contributed by atoms with Gasteiger partial charge in [-0.2, -0.15) is 0 Å². The van der Waals surface area contributed by atoms with Crippen LogP contribution in [0.3, 0.4) is 0 Å². The Kier molecular flexibility index (Phi) is 4.97. The average molecular weight is 327 g/mol. The molecule has 2 heterocycles. The van der Waals surface area contributed by atoms with E-state index in [0.29, 0.717) is 29.8 Å². The summed E-state index contributed by atoms with van der Waals surface area (Å²) in [5.74, 6) is 0.170. The molecule has 0 aliphatic rings. The minimum atomic E-state index is -0.224. The van der Waals surface area contributed by atoms with Crippen LogP contribution in [0.4, 0.5) is 0 Å². The first-order valence-electron chi connectivity index (χ1n) is 7.50. The van der Waals surface area contributed by atoms with Gasteiger partial charge in [-0.25, -0.2) is 9.97 Å². The van der Waals surface area contributed by atoms with Crippen LogP contribution in [-0.2, 0) is 22.7 Å². The second-order valence-electron chi connectivity index (χ2n) is 5.17. The Labute approximate surface area is 137 Å². The molecule has 0 saturated heterocycles. The molecule has 0 aliphatic heterocycles. The monoisotopic (exact) mass is 327 g/mol. The Morgan fingerprint density at radius 2 is 2.21 bits per heavy atom. The lowest BCUT2D eigenvalue weighted by Gasteiger charge is -2.07. The quantitative estimate of drug-likeness (QED) is 0.656. The predicted molar refractivity (Wildman–Crippen MR) is 87.3 cm³/mol. The number of H-pyrrole nitrogens is 1. The van der Waals surface area contributed by atoms with Crippen LogP contribution in [0.5, 0.6) is 0 Å². The third-order valence-electron chi connectivity index (χ3n) is 3.39. The van der Waals surface area contributed by atoms with E-state index >= 15 is 0 Å². The second kappa shape index (κ2) is 7.51. The topological polar surface area (TPSA) is 102 Å². The highest BCUT2D eigenvalue weighted by atomic mass is 16.5. The fourth-order valence-corrected chi connectivity index (χ4v) is 2.24. The Hall–Kier alpha value is -3.00. The van der Waals surface area contributed by atoms with Gasteiger partial charge in [-0.3, -0.25) is 9.59 Å². The van der Waals surface area contributed by atoms with Gasteiger partial charge in [0.2, 0.25) is 5.91 Å². The van der Waals surface area contributed by atoms with Gasteiger partial charge in [0.1, 0.15) is 19.0 Å². The Bertz CT molecular complexity index is 873. The van der Waals surface area contributed by atoms with Crippen molar-refractivity contribution in [2.24, 2.45) is 0 Å². The molecule has 0 unspecified atom stereocenters. The van der Waals surface area contributed by atoms with E-state index in [1.807, 2.05) is 16.8 Å². The van der Waals surface area contributed by atoms with E-state index in [1.165, 1.54) is 0 Å². The molecule has 2 N–H and O–H groups in total. The lowest BCUT2D eigenvalue weighted by molar-refractivity contribution is -0.126. The van der Waals surface area contributed by atoms with Crippen molar-refractivity contribution >= 4 is 16.8 Å². The van der Waals surface area contributed by atoms with Crippen molar-refractivity contribution in [2.45, 2.75) is 13.2 Å². The molecule has 124 valence electrons. The summed E-state index contributed by atoms with van der Waals surface area (Å²) in [6.07, 6.45) is 5.19. The van der Waals surface area contributed by atoms with E-state index in [-0.39, 0.29) is 24.7 Å². The molecule has 0 fully saturated rings. The van der Waals surface area contributed by atoms with Gasteiger partial charge in [0.25, 0.3) is 5.56 Å². The molecule has 3 rings (SSSR count).